The van der Waals surface area contributed by atoms with Crippen LogP contribution in [0.4, 0.5) is 0 Å². The maximum atomic E-state index is 10.7. The van der Waals surface area contributed by atoms with Crippen LogP contribution in [0, 0.1) is 0 Å². The Morgan fingerprint density at radius 2 is 1.36 bits per heavy atom. The Morgan fingerprint density at radius 1 is 0.840 bits per heavy atom. The van der Waals surface area contributed by atoms with Crippen molar-refractivity contribution in [2.24, 2.45) is 0 Å². The topological polar surface area (TPSA) is 115 Å². The maximum Gasteiger partial charge on any atom is 0.335 e. The summed E-state index contributed by atoms with van der Waals surface area (Å²) in [6.45, 7) is 0. The molecule has 136 valence electrons. The van der Waals surface area contributed by atoms with Gasteiger partial charge in [0.25, 0.3) is 0 Å². The molecule has 0 spiro atoms. The molecule has 0 aliphatic carbocycles. The van der Waals surface area contributed by atoms with E-state index in [1.165, 1.54) is 40.6 Å². The molecule has 2 aromatic carbocycles. The molecule has 25 heavy (non-hydrogen) atoms. The standard InChI is InChI=1S/C9H10O5.C8H10O3/c1-13-6-3-5(9(11)12)4-7(14-2)8(6)10;1-10-7-5-3-4-6(9)8(7)11-2/h3-4,10H,1-2H3,(H,11,12);3-5,9H,1-2H3. The number of aromatic hydroxyl groups is 2. The normalized spacial score (nSPS) is 9.44. The second-order valence-electron chi connectivity index (χ2n) is 4.55. The van der Waals surface area contributed by atoms with Crippen molar-refractivity contribution in [1.82, 2.24) is 0 Å². The number of para-hydroxylation sites is 1. The molecule has 2 rings (SSSR count). The van der Waals surface area contributed by atoms with Crippen molar-refractivity contribution in [3.63, 3.8) is 0 Å². The van der Waals surface area contributed by atoms with Gasteiger partial charge in [0.1, 0.15) is 0 Å². The van der Waals surface area contributed by atoms with Crippen LogP contribution in [0.1, 0.15) is 10.4 Å². The molecule has 0 fully saturated rings. The number of hydrogen-bond acceptors (Lipinski definition) is 7. The van der Waals surface area contributed by atoms with Gasteiger partial charge in [-0.05, 0) is 24.3 Å². The smallest absolute Gasteiger partial charge is 0.335 e. The average molecular weight is 352 g/mol. The van der Waals surface area contributed by atoms with Crippen molar-refractivity contribution in [3.05, 3.63) is 35.9 Å². The molecular weight excluding hydrogens is 332 g/mol. The lowest BCUT2D eigenvalue weighted by Gasteiger charge is -2.08. The molecule has 0 saturated carbocycles. The molecule has 2 aromatic rings. The van der Waals surface area contributed by atoms with E-state index in [-0.39, 0.29) is 28.6 Å². The van der Waals surface area contributed by atoms with E-state index < -0.39 is 5.97 Å². The van der Waals surface area contributed by atoms with Crippen LogP contribution in [-0.4, -0.2) is 49.7 Å². The fourth-order valence-electron chi connectivity index (χ4n) is 1.89. The summed E-state index contributed by atoms with van der Waals surface area (Å²) in [7, 11) is 5.68. The van der Waals surface area contributed by atoms with Crippen LogP contribution in [0.2, 0.25) is 0 Å². The molecule has 3 N–H and O–H groups in total. The van der Waals surface area contributed by atoms with Gasteiger partial charge in [-0.25, -0.2) is 4.79 Å². The van der Waals surface area contributed by atoms with Gasteiger partial charge in [-0.3, -0.25) is 0 Å². The number of benzene rings is 2. The molecule has 0 aliphatic rings. The highest BCUT2D eigenvalue weighted by Crippen LogP contribution is 2.37. The zero-order chi connectivity index (χ0) is 19.0. The number of methoxy groups -OCH3 is 4. The highest BCUT2D eigenvalue weighted by molar-refractivity contribution is 5.89. The minimum Gasteiger partial charge on any atom is -0.504 e. The summed E-state index contributed by atoms with van der Waals surface area (Å²) in [5, 5.41) is 27.4. The van der Waals surface area contributed by atoms with Gasteiger partial charge in [0, 0.05) is 0 Å². The Labute approximate surface area is 144 Å². The lowest BCUT2D eigenvalue weighted by molar-refractivity contribution is 0.0696. The number of hydrogen-bond donors (Lipinski definition) is 3. The minimum atomic E-state index is -1.11. The number of carboxylic acids is 1. The van der Waals surface area contributed by atoms with E-state index in [0.29, 0.717) is 11.5 Å². The molecule has 0 aliphatic heterocycles. The van der Waals surface area contributed by atoms with Crippen LogP contribution >= 0.6 is 0 Å². The van der Waals surface area contributed by atoms with Gasteiger partial charge in [0.2, 0.25) is 11.5 Å². The van der Waals surface area contributed by atoms with E-state index in [0.717, 1.165) is 0 Å². The number of rotatable bonds is 5. The summed E-state index contributed by atoms with van der Waals surface area (Å²) in [6.07, 6.45) is 0. The van der Waals surface area contributed by atoms with E-state index in [1.807, 2.05) is 0 Å². The number of phenols is 2. The van der Waals surface area contributed by atoms with Crippen LogP contribution in [-0.2, 0) is 0 Å². The summed E-state index contributed by atoms with van der Waals surface area (Å²) >= 11 is 0. The van der Waals surface area contributed by atoms with Crippen LogP contribution in [0.15, 0.2) is 30.3 Å². The van der Waals surface area contributed by atoms with Crippen LogP contribution in [0.5, 0.6) is 34.5 Å². The molecular formula is C17H20O8. The Bertz CT molecular complexity index is 702. The number of phenolic OH excluding ortho intramolecular Hbond substituents is 2. The van der Waals surface area contributed by atoms with Crippen molar-refractivity contribution in [2.75, 3.05) is 28.4 Å². The SMILES string of the molecule is COc1cc(C(=O)O)cc(OC)c1O.COc1cccc(O)c1OC. The predicted octanol–water partition coefficient (Wildman–Crippen LogP) is 2.52. The molecule has 0 aromatic heterocycles. The Hall–Kier alpha value is -3.29. The van der Waals surface area contributed by atoms with Gasteiger partial charge in [0.05, 0.1) is 34.0 Å². The Morgan fingerprint density at radius 3 is 1.72 bits per heavy atom. The van der Waals surface area contributed by atoms with Crippen molar-refractivity contribution in [2.45, 2.75) is 0 Å². The molecule has 0 unspecified atom stereocenters. The van der Waals surface area contributed by atoms with E-state index in [2.05, 4.69) is 0 Å². The molecule has 0 heterocycles. The summed E-state index contributed by atoms with van der Waals surface area (Å²) in [6, 6.07) is 7.40. The highest BCUT2D eigenvalue weighted by Gasteiger charge is 2.14. The fraction of sp³-hybridized carbons (Fsp3) is 0.235. The van der Waals surface area contributed by atoms with Gasteiger partial charge in [-0.1, -0.05) is 6.07 Å². The Balaban J connectivity index is 0.000000257. The highest BCUT2D eigenvalue weighted by atomic mass is 16.5. The predicted molar refractivity (Wildman–Crippen MR) is 89.4 cm³/mol. The summed E-state index contributed by atoms with van der Waals surface area (Å²) in [5.41, 5.74) is -0.00324. The third-order valence-electron chi connectivity index (χ3n) is 3.11. The molecule has 0 amide bonds. The summed E-state index contributed by atoms with van der Waals surface area (Å²) < 4.78 is 19.4. The number of carbonyl (C=O) groups is 1. The first-order valence-electron chi connectivity index (χ1n) is 6.97. The van der Waals surface area contributed by atoms with Gasteiger partial charge in [0.15, 0.2) is 23.0 Å². The fourth-order valence-corrected chi connectivity index (χ4v) is 1.89. The molecule has 0 saturated heterocycles. The molecule has 0 atom stereocenters. The van der Waals surface area contributed by atoms with Crippen LogP contribution < -0.4 is 18.9 Å². The minimum absolute atomic E-state index is 0.00324. The van der Waals surface area contributed by atoms with Crippen LogP contribution in [0.25, 0.3) is 0 Å². The third-order valence-corrected chi connectivity index (χ3v) is 3.11. The first-order valence-corrected chi connectivity index (χ1v) is 6.97. The van der Waals surface area contributed by atoms with E-state index >= 15 is 0 Å². The van der Waals surface area contributed by atoms with Crippen molar-refractivity contribution in [1.29, 1.82) is 0 Å². The van der Waals surface area contributed by atoms with E-state index in [4.69, 9.17) is 24.1 Å². The zero-order valence-electron chi connectivity index (χ0n) is 14.3. The van der Waals surface area contributed by atoms with E-state index in [1.54, 1.807) is 18.2 Å². The van der Waals surface area contributed by atoms with E-state index in [9.17, 15) is 15.0 Å². The van der Waals surface area contributed by atoms with Crippen molar-refractivity contribution >= 4 is 5.97 Å². The Kier molecular flexibility index (Phi) is 7.20. The lowest BCUT2D eigenvalue weighted by Crippen LogP contribution is -1.98. The quantitative estimate of drug-likeness (QED) is 0.752. The number of aromatic carboxylic acids is 1. The first kappa shape index (κ1) is 19.8. The second-order valence-corrected chi connectivity index (χ2v) is 4.55. The number of carboxylic acid groups (broad SMARTS) is 1. The lowest BCUT2D eigenvalue weighted by atomic mass is 10.2. The molecule has 0 bridgehead atoms. The first-order chi connectivity index (χ1) is 11.9. The van der Waals surface area contributed by atoms with Gasteiger partial charge < -0.3 is 34.3 Å². The number of ether oxygens (including phenoxy) is 4. The largest absolute Gasteiger partial charge is 0.504 e. The van der Waals surface area contributed by atoms with Crippen LogP contribution in [0.3, 0.4) is 0 Å². The molecule has 8 heteroatoms. The van der Waals surface area contributed by atoms with Gasteiger partial charge in [-0.15, -0.1) is 0 Å². The monoisotopic (exact) mass is 352 g/mol. The molecule has 0 radical (unpaired) electrons. The summed E-state index contributed by atoms with van der Waals surface area (Å²) in [5.74, 6) is -0.181. The summed E-state index contributed by atoms with van der Waals surface area (Å²) in [4.78, 5) is 10.7. The average Bonchev–Trinajstić information content (AvgIpc) is 2.61. The molecule has 8 nitrogen and oxygen atoms in total. The third kappa shape index (κ3) is 4.84. The van der Waals surface area contributed by atoms with Crippen molar-refractivity contribution in [3.8, 4) is 34.5 Å². The van der Waals surface area contributed by atoms with Crippen molar-refractivity contribution < 1.29 is 39.1 Å². The van der Waals surface area contributed by atoms with Gasteiger partial charge >= 0.3 is 5.97 Å². The second kappa shape index (κ2) is 9.11. The van der Waals surface area contributed by atoms with Gasteiger partial charge in [-0.2, -0.15) is 0 Å². The zero-order valence-corrected chi connectivity index (χ0v) is 14.3. The maximum absolute atomic E-state index is 10.7.